The van der Waals surface area contributed by atoms with Crippen LogP contribution in [0.4, 0.5) is 0 Å². The summed E-state index contributed by atoms with van der Waals surface area (Å²) >= 11 is 0. The van der Waals surface area contributed by atoms with Gasteiger partial charge in [0.25, 0.3) is 0 Å². The van der Waals surface area contributed by atoms with Crippen LogP contribution >= 0.6 is 0 Å². The number of nitrogens with zero attached hydrogens (tertiary/aromatic N) is 4. The van der Waals surface area contributed by atoms with E-state index in [4.69, 9.17) is 0 Å². The van der Waals surface area contributed by atoms with Crippen LogP contribution in [-0.4, -0.2) is 19.3 Å². The Morgan fingerprint density at radius 3 is 2.35 bits per heavy atom. The summed E-state index contributed by atoms with van der Waals surface area (Å²) in [5.74, 6) is 1.15. The van der Waals surface area contributed by atoms with Crippen molar-refractivity contribution in [3.63, 3.8) is 0 Å². The summed E-state index contributed by atoms with van der Waals surface area (Å²) in [5, 5.41) is 4.55. The minimum atomic E-state index is 0.0701. The molecule has 0 aliphatic carbocycles. The largest absolute Gasteiger partial charge is 0.334 e. The fraction of sp³-hybridized carbons (Fsp3) is 0.625. The molecule has 0 amide bonds. The lowest BCUT2D eigenvalue weighted by Gasteiger charge is -2.25. The summed E-state index contributed by atoms with van der Waals surface area (Å²) in [7, 11) is 1.97. The molecule has 0 saturated heterocycles. The molecule has 0 N–H and O–H groups in total. The molecule has 110 valence electrons. The van der Waals surface area contributed by atoms with E-state index < -0.39 is 0 Å². The van der Waals surface area contributed by atoms with Crippen LogP contribution < -0.4 is 0 Å². The Labute approximate surface area is 121 Å². The van der Waals surface area contributed by atoms with Gasteiger partial charge in [0, 0.05) is 43.0 Å². The third kappa shape index (κ3) is 3.11. The zero-order chi connectivity index (χ0) is 15.0. The lowest BCUT2D eigenvalue weighted by molar-refractivity contribution is 0.403. The van der Waals surface area contributed by atoms with Crippen LogP contribution in [0.3, 0.4) is 0 Å². The topological polar surface area (TPSA) is 35.6 Å². The van der Waals surface area contributed by atoms with Crippen molar-refractivity contribution in [2.45, 2.75) is 58.4 Å². The molecule has 2 aromatic rings. The predicted molar refractivity (Wildman–Crippen MR) is 81.8 cm³/mol. The zero-order valence-corrected chi connectivity index (χ0v) is 13.5. The minimum absolute atomic E-state index is 0.0701. The molecule has 2 heterocycles. The van der Waals surface area contributed by atoms with Gasteiger partial charge in [-0.15, -0.1) is 0 Å². The van der Waals surface area contributed by atoms with Gasteiger partial charge in [-0.2, -0.15) is 5.10 Å². The summed E-state index contributed by atoms with van der Waals surface area (Å²) in [6, 6.07) is 2.11. The van der Waals surface area contributed by atoms with Crippen molar-refractivity contribution in [3.05, 3.63) is 36.2 Å². The van der Waals surface area contributed by atoms with Crippen molar-refractivity contribution in [2.75, 3.05) is 0 Å². The van der Waals surface area contributed by atoms with Crippen molar-refractivity contribution in [3.8, 4) is 0 Å². The van der Waals surface area contributed by atoms with Gasteiger partial charge >= 0.3 is 0 Å². The molecule has 0 saturated carbocycles. The third-order valence-corrected chi connectivity index (χ3v) is 3.77. The van der Waals surface area contributed by atoms with E-state index in [9.17, 15) is 0 Å². The number of imidazole rings is 1. The zero-order valence-electron chi connectivity index (χ0n) is 13.5. The maximum absolute atomic E-state index is 4.55. The minimum Gasteiger partial charge on any atom is -0.334 e. The van der Waals surface area contributed by atoms with Gasteiger partial charge in [0.2, 0.25) is 0 Å². The Kier molecular flexibility index (Phi) is 3.76. The molecule has 0 bridgehead atoms. The smallest absolute Gasteiger partial charge is 0.114 e. The molecule has 0 aromatic carbocycles. The van der Waals surface area contributed by atoms with E-state index in [1.165, 1.54) is 0 Å². The SMILES string of the molecule is Cn1ccc(C(C)(C)CCn2ccnc2C(C)(C)C)n1. The van der Waals surface area contributed by atoms with Gasteiger partial charge in [-0.05, 0) is 12.5 Å². The van der Waals surface area contributed by atoms with Crippen LogP contribution in [-0.2, 0) is 24.4 Å². The van der Waals surface area contributed by atoms with E-state index in [1.54, 1.807) is 0 Å². The first-order valence-electron chi connectivity index (χ1n) is 7.22. The van der Waals surface area contributed by atoms with Crippen LogP contribution in [0.15, 0.2) is 24.7 Å². The van der Waals surface area contributed by atoms with Crippen molar-refractivity contribution in [1.29, 1.82) is 0 Å². The molecule has 2 aromatic heterocycles. The molecule has 2 rings (SSSR count). The van der Waals surface area contributed by atoms with Gasteiger partial charge in [0.1, 0.15) is 5.82 Å². The number of aromatic nitrogens is 4. The molecular formula is C16H26N4. The Bertz CT molecular complexity index is 569. The molecule has 0 atom stereocenters. The Hall–Kier alpha value is -1.58. The molecule has 0 aliphatic heterocycles. The maximum atomic E-state index is 4.55. The van der Waals surface area contributed by atoms with Crippen molar-refractivity contribution >= 4 is 0 Å². The van der Waals surface area contributed by atoms with E-state index in [0.29, 0.717) is 0 Å². The molecule has 4 heteroatoms. The third-order valence-electron chi connectivity index (χ3n) is 3.77. The van der Waals surface area contributed by atoms with E-state index in [2.05, 4.69) is 61.5 Å². The average molecular weight is 274 g/mol. The molecule has 4 nitrogen and oxygen atoms in total. The van der Waals surface area contributed by atoms with Crippen LogP contribution in [0, 0.1) is 0 Å². The first-order chi connectivity index (χ1) is 9.20. The van der Waals surface area contributed by atoms with Gasteiger partial charge in [0.05, 0.1) is 5.69 Å². The van der Waals surface area contributed by atoms with Crippen LogP contribution in [0.5, 0.6) is 0 Å². The van der Waals surface area contributed by atoms with E-state index >= 15 is 0 Å². The molecule has 0 aliphatic rings. The van der Waals surface area contributed by atoms with Gasteiger partial charge in [-0.1, -0.05) is 34.6 Å². The lowest BCUT2D eigenvalue weighted by Crippen LogP contribution is -2.24. The molecular weight excluding hydrogens is 248 g/mol. The predicted octanol–water partition coefficient (Wildman–Crippen LogP) is 3.28. The second-order valence-corrected chi connectivity index (χ2v) is 7.20. The van der Waals surface area contributed by atoms with Crippen molar-refractivity contribution < 1.29 is 0 Å². The number of rotatable bonds is 4. The first kappa shape index (κ1) is 14.8. The second kappa shape index (κ2) is 5.08. The number of aryl methyl sites for hydroxylation is 2. The van der Waals surface area contributed by atoms with Crippen LogP contribution in [0.1, 0.15) is 52.6 Å². The summed E-state index contributed by atoms with van der Waals surface area (Å²) in [5.41, 5.74) is 1.30. The summed E-state index contributed by atoms with van der Waals surface area (Å²) in [4.78, 5) is 4.51. The van der Waals surface area contributed by atoms with Gasteiger partial charge in [-0.25, -0.2) is 4.98 Å². The monoisotopic (exact) mass is 274 g/mol. The molecule has 0 unspecified atom stereocenters. The summed E-state index contributed by atoms with van der Waals surface area (Å²) in [6.45, 7) is 12.1. The quantitative estimate of drug-likeness (QED) is 0.857. The highest BCUT2D eigenvalue weighted by atomic mass is 15.2. The summed E-state index contributed by atoms with van der Waals surface area (Å²) < 4.78 is 4.14. The van der Waals surface area contributed by atoms with Gasteiger partial charge in [0.15, 0.2) is 0 Å². The standard InChI is InChI=1S/C16H26N4/c1-15(2,3)14-17-9-12-20(14)11-8-16(4,5)13-7-10-19(6)18-13/h7,9-10,12H,8,11H2,1-6H3. The lowest BCUT2D eigenvalue weighted by atomic mass is 9.85. The first-order valence-corrected chi connectivity index (χ1v) is 7.22. The maximum Gasteiger partial charge on any atom is 0.114 e. The van der Waals surface area contributed by atoms with Crippen LogP contribution in [0.25, 0.3) is 0 Å². The van der Waals surface area contributed by atoms with Crippen LogP contribution in [0.2, 0.25) is 0 Å². The molecule has 0 fully saturated rings. The number of hydrogen-bond donors (Lipinski definition) is 0. The van der Waals surface area contributed by atoms with Crippen molar-refractivity contribution in [1.82, 2.24) is 19.3 Å². The molecule has 20 heavy (non-hydrogen) atoms. The highest BCUT2D eigenvalue weighted by molar-refractivity contribution is 5.12. The van der Waals surface area contributed by atoms with E-state index in [1.807, 2.05) is 24.1 Å². The Morgan fingerprint density at radius 1 is 1.10 bits per heavy atom. The highest BCUT2D eigenvalue weighted by Gasteiger charge is 2.25. The highest BCUT2D eigenvalue weighted by Crippen LogP contribution is 2.27. The molecule has 0 radical (unpaired) electrons. The fourth-order valence-corrected chi connectivity index (χ4v) is 2.44. The Balaban J connectivity index is 2.11. The van der Waals surface area contributed by atoms with Gasteiger partial charge in [-0.3, -0.25) is 4.68 Å². The normalized spacial score (nSPS) is 12.9. The molecule has 0 spiro atoms. The Morgan fingerprint density at radius 2 is 1.80 bits per heavy atom. The fourth-order valence-electron chi connectivity index (χ4n) is 2.44. The van der Waals surface area contributed by atoms with E-state index in [-0.39, 0.29) is 10.8 Å². The summed E-state index contributed by atoms with van der Waals surface area (Å²) in [6.07, 6.45) is 7.03. The second-order valence-electron chi connectivity index (χ2n) is 7.20. The van der Waals surface area contributed by atoms with Crippen molar-refractivity contribution in [2.24, 2.45) is 7.05 Å². The average Bonchev–Trinajstić information content (AvgIpc) is 2.93. The van der Waals surface area contributed by atoms with E-state index in [0.717, 1.165) is 24.5 Å². The van der Waals surface area contributed by atoms with Gasteiger partial charge < -0.3 is 4.57 Å². The number of hydrogen-bond acceptors (Lipinski definition) is 2.